The van der Waals surface area contributed by atoms with E-state index in [9.17, 15) is 9.59 Å². The summed E-state index contributed by atoms with van der Waals surface area (Å²) in [6.07, 6.45) is 3.31. The third kappa shape index (κ3) is 3.17. The van der Waals surface area contributed by atoms with Crippen LogP contribution in [0.15, 0.2) is 6.20 Å². The minimum Gasteiger partial charge on any atom is -0.378 e. The Bertz CT molecular complexity index is 680. The van der Waals surface area contributed by atoms with Crippen LogP contribution in [0.4, 0.5) is 0 Å². The molecule has 7 nitrogen and oxygen atoms in total. The summed E-state index contributed by atoms with van der Waals surface area (Å²) in [5.74, 6) is 1.98. The van der Waals surface area contributed by atoms with Crippen molar-refractivity contribution in [3.8, 4) is 0 Å². The molecule has 2 fully saturated rings. The predicted molar refractivity (Wildman–Crippen MR) is 90.7 cm³/mol. The molecule has 2 amide bonds. The molecule has 3 unspecified atom stereocenters. The molecule has 0 spiro atoms. The fourth-order valence-corrected chi connectivity index (χ4v) is 3.89. The molecule has 0 N–H and O–H groups in total. The first-order valence-corrected chi connectivity index (χ1v) is 9.26. The quantitative estimate of drug-likeness (QED) is 0.814. The second-order valence-corrected chi connectivity index (χ2v) is 7.48. The van der Waals surface area contributed by atoms with E-state index in [4.69, 9.17) is 4.74 Å². The van der Waals surface area contributed by atoms with E-state index in [2.05, 4.69) is 16.5 Å². The van der Waals surface area contributed by atoms with Crippen LogP contribution in [0.25, 0.3) is 0 Å². The molecule has 1 aromatic heterocycles. The van der Waals surface area contributed by atoms with Crippen molar-refractivity contribution in [2.24, 2.45) is 11.8 Å². The van der Waals surface area contributed by atoms with Crippen LogP contribution in [0, 0.1) is 11.8 Å². The van der Waals surface area contributed by atoms with E-state index in [0.717, 1.165) is 31.0 Å². The molecule has 25 heavy (non-hydrogen) atoms. The molecule has 0 bridgehead atoms. The van der Waals surface area contributed by atoms with E-state index in [0.29, 0.717) is 38.6 Å². The molecule has 1 aliphatic carbocycles. The zero-order valence-corrected chi connectivity index (χ0v) is 15.0. The van der Waals surface area contributed by atoms with Crippen LogP contribution < -0.4 is 0 Å². The maximum Gasteiger partial charge on any atom is 0.228 e. The average molecular weight is 346 g/mol. The van der Waals surface area contributed by atoms with E-state index >= 15 is 0 Å². The first-order chi connectivity index (χ1) is 12.0. The van der Waals surface area contributed by atoms with E-state index in [1.807, 2.05) is 22.9 Å². The lowest BCUT2D eigenvalue weighted by Gasteiger charge is -2.34. The van der Waals surface area contributed by atoms with Crippen LogP contribution in [0.5, 0.6) is 0 Å². The van der Waals surface area contributed by atoms with Gasteiger partial charge in [-0.25, -0.2) is 4.98 Å². The lowest BCUT2D eigenvalue weighted by atomic mass is 10.1. The van der Waals surface area contributed by atoms with Gasteiger partial charge in [-0.3, -0.25) is 9.59 Å². The molecule has 1 saturated heterocycles. The molecule has 0 radical (unpaired) electrons. The van der Waals surface area contributed by atoms with Gasteiger partial charge in [0, 0.05) is 38.3 Å². The Labute approximate surface area is 147 Å². The van der Waals surface area contributed by atoms with Crippen LogP contribution in [-0.2, 0) is 27.3 Å². The van der Waals surface area contributed by atoms with Crippen molar-refractivity contribution in [2.45, 2.75) is 39.3 Å². The highest BCUT2D eigenvalue weighted by atomic mass is 16.5. The first-order valence-electron chi connectivity index (χ1n) is 9.26. The normalized spacial score (nSPS) is 28.6. The highest BCUT2D eigenvalue weighted by Gasteiger charge is 2.44. The Balaban J connectivity index is 1.44. The predicted octanol–water partition coefficient (Wildman–Crippen LogP) is 0.844. The van der Waals surface area contributed by atoms with Gasteiger partial charge in [-0.2, -0.15) is 0 Å². The third-order valence-electron chi connectivity index (χ3n) is 5.69. The van der Waals surface area contributed by atoms with Gasteiger partial charge in [0.25, 0.3) is 0 Å². The zero-order valence-electron chi connectivity index (χ0n) is 15.0. The average Bonchev–Trinajstić information content (AvgIpc) is 3.20. The highest BCUT2D eigenvalue weighted by molar-refractivity contribution is 5.82. The monoisotopic (exact) mass is 346 g/mol. The van der Waals surface area contributed by atoms with Crippen molar-refractivity contribution in [3.63, 3.8) is 0 Å². The number of nitrogens with zero attached hydrogens (tertiary/aromatic N) is 4. The van der Waals surface area contributed by atoms with Gasteiger partial charge in [0.15, 0.2) is 0 Å². The summed E-state index contributed by atoms with van der Waals surface area (Å²) in [6.45, 7) is 8.19. The second-order valence-electron chi connectivity index (χ2n) is 7.48. The molecule has 1 aromatic rings. The van der Waals surface area contributed by atoms with Crippen molar-refractivity contribution >= 4 is 11.8 Å². The number of hydrogen-bond acceptors (Lipinski definition) is 4. The summed E-state index contributed by atoms with van der Waals surface area (Å²) in [4.78, 5) is 33.5. The number of rotatable bonds is 3. The number of carbonyl (C=O) groups is 2. The summed E-state index contributed by atoms with van der Waals surface area (Å²) >= 11 is 0. The fourth-order valence-electron chi connectivity index (χ4n) is 3.89. The summed E-state index contributed by atoms with van der Waals surface area (Å²) in [7, 11) is 0. The van der Waals surface area contributed by atoms with Gasteiger partial charge in [-0.05, 0) is 19.3 Å². The molecule has 3 atom stereocenters. The van der Waals surface area contributed by atoms with E-state index < -0.39 is 0 Å². The molecular weight excluding hydrogens is 320 g/mol. The number of aromatic nitrogens is 2. The van der Waals surface area contributed by atoms with Gasteiger partial charge in [0.2, 0.25) is 11.8 Å². The molecule has 4 rings (SSSR count). The Hall–Kier alpha value is -1.89. The van der Waals surface area contributed by atoms with Crippen molar-refractivity contribution in [1.82, 2.24) is 19.4 Å². The van der Waals surface area contributed by atoms with Crippen molar-refractivity contribution in [3.05, 3.63) is 17.7 Å². The lowest BCUT2D eigenvalue weighted by molar-refractivity contribution is -0.136. The van der Waals surface area contributed by atoms with Gasteiger partial charge >= 0.3 is 0 Å². The van der Waals surface area contributed by atoms with Gasteiger partial charge in [-0.15, -0.1) is 0 Å². The zero-order chi connectivity index (χ0) is 17.6. The SMILES string of the molecule is CC1CC1C(=O)N1CCn2cc(CC(=O)N3CCOCC3)nc2C1C. The molecule has 3 aliphatic rings. The summed E-state index contributed by atoms with van der Waals surface area (Å²) in [5, 5.41) is 0. The van der Waals surface area contributed by atoms with Gasteiger partial charge < -0.3 is 19.1 Å². The molecule has 7 heteroatoms. The Morgan fingerprint density at radius 2 is 1.92 bits per heavy atom. The first kappa shape index (κ1) is 16.6. The van der Waals surface area contributed by atoms with Crippen LogP contribution in [-0.4, -0.2) is 64.0 Å². The molecular formula is C18H26N4O3. The van der Waals surface area contributed by atoms with Gasteiger partial charge in [0.05, 0.1) is 31.4 Å². The number of imidazole rings is 1. The van der Waals surface area contributed by atoms with E-state index in [1.165, 1.54) is 0 Å². The topological polar surface area (TPSA) is 67.7 Å². The van der Waals surface area contributed by atoms with E-state index in [-0.39, 0.29) is 23.8 Å². The molecule has 1 saturated carbocycles. The largest absolute Gasteiger partial charge is 0.378 e. The minimum atomic E-state index is -0.0266. The summed E-state index contributed by atoms with van der Waals surface area (Å²) in [5.41, 5.74) is 0.799. The summed E-state index contributed by atoms with van der Waals surface area (Å²) < 4.78 is 7.40. The number of amides is 2. The van der Waals surface area contributed by atoms with Crippen LogP contribution in [0.2, 0.25) is 0 Å². The molecule has 3 heterocycles. The number of fused-ring (bicyclic) bond motifs is 1. The van der Waals surface area contributed by atoms with Crippen molar-refractivity contribution in [1.29, 1.82) is 0 Å². The van der Waals surface area contributed by atoms with E-state index in [1.54, 1.807) is 0 Å². The van der Waals surface area contributed by atoms with Crippen LogP contribution >= 0.6 is 0 Å². The smallest absolute Gasteiger partial charge is 0.228 e. The van der Waals surface area contributed by atoms with Crippen molar-refractivity contribution in [2.75, 3.05) is 32.8 Å². The lowest BCUT2D eigenvalue weighted by Crippen LogP contribution is -2.42. The van der Waals surface area contributed by atoms with Crippen LogP contribution in [0.3, 0.4) is 0 Å². The molecule has 136 valence electrons. The third-order valence-corrected chi connectivity index (χ3v) is 5.69. The molecule has 2 aliphatic heterocycles. The van der Waals surface area contributed by atoms with Gasteiger partial charge in [0.1, 0.15) is 5.82 Å². The van der Waals surface area contributed by atoms with Gasteiger partial charge in [-0.1, -0.05) is 6.92 Å². The Kier molecular flexibility index (Phi) is 4.27. The fraction of sp³-hybridized carbons (Fsp3) is 0.722. The summed E-state index contributed by atoms with van der Waals surface area (Å²) in [6, 6.07) is -0.0266. The minimum absolute atomic E-state index is 0.0266. The molecule has 0 aromatic carbocycles. The van der Waals surface area contributed by atoms with Crippen LogP contribution in [0.1, 0.15) is 37.8 Å². The number of hydrogen-bond donors (Lipinski definition) is 0. The number of morpholine rings is 1. The Morgan fingerprint density at radius 3 is 2.60 bits per heavy atom. The highest BCUT2D eigenvalue weighted by Crippen LogP contribution is 2.41. The maximum absolute atomic E-state index is 12.6. The second kappa shape index (κ2) is 6.44. The number of carbonyl (C=O) groups excluding carboxylic acids is 2. The standard InChI is InChI=1S/C18H26N4O3/c1-12-9-15(12)18(24)22-4-3-21-11-14(19-17(21)13(22)2)10-16(23)20-5-7-25-8-6-20/h11-13,15H,3-10H2,1-2H3. The van der Waals surface area contributed by atoms with Crippen molar-refractivity contribution < 1.29 is 14.3 Å². The maximum atomic E-state index is 12.6. The Morgan fingerprint density at radius 1 is 1.20 bits per heavy atom. The number of ether oxygens (including phenoxy) is 1.